The number of nitrogens with zero attached hydrogens (tertiary/aromatic N) is 1. The summed E-state index contributed by atoms with van der Waals surface area (Å²) in [6.07, 6.45) is 0.949. The fraction of sp³-hybridized carbons (Fsp3) is 0. The predicted molar refractivity (Wildman–Crippen MR) is 52.7 cm³/mol. The van der Waals surface area contributed by atoms with E-state index in [9.17, 15) is 9.59 Å². The van der Waals surface area contributed by atoms with Crippen LogP contribution in [0.2, 0.25) is 0 Å². The van der Waals surface area contributed by atoms with Crippen LogP contribution in [0.3, 0.4) is 0 Å². The van der Waals surface area contributed by atoms with Gasteiger partial charge >= 0.3 is 6.03 Å². The molecule has 78 valence electrons. The van der Waals surface area contributed by atoms with Gasteiger partial charge in [-0.25, -0.2) is 15.7 Å². The lowest BCUT2D eigenvalue weighted by molar-refractivity contribution is 0.107. The molecule has 1 rings (SSSR count). The van der Waals surface area contributed by atoms with Crippen LogP contribution in [0.25, 0.3) is 0 Å². The molecule has 6 nitrogen and oxygen atoms in total. The number of benzene rings is 1. The molecule has 0 unspecified atom stereocenters. The number of rotatable bonds is 3. The van der Waals surface area contributed by atoms with Crippen molar-refractivity contribution < 1.29 is 14.8 Å². The quantitative estimate of drug-likeness (QED) is 0.292. The van der Waals surface area contributed by atoms with Gasteiger partial charge in [-0.15, -0.1) is 0 Å². The van der Waals surface area contributed by atoms with Gasteiger partial charge in [0.05, 0.1) is 6.21 Å². The number of Topliss-reactive ketones (excluding diaryl/α,β-unsaturated/α-hetero) is 1. The van der Waals surface area contributed by atoms with E-state index >= 15 is 0 Å². The lowest BCUT2D eigenvalue weighted by Gasteiger charge is -1.95. The van der Waals surface area contributed by atoms with Crippen LogP contribution in [0, 0.1) is 0 Å². The highest BCUT2D eigenvalue weighted by Gasteiger charge is 2.00. The molecule has 0 bridgehead atoms. The summed E-state index contributed by atoms with van der Waals surface area (Å²) >= 11 is 0. The fourth-order valence-electron chi connectivity index (χ4n) is 0.851. The zero-order valence-corrected chi connectivity index (χ0v) is 7.68. The maximum atomic E-state index is 11.3. The van der Waals surface area contributed by atoms with Gasteiger partial charge in [0.1, 0.15) is 0 Å². The standard InChI is InChI=1S/C9H9N3O3/c13-8(6-10-11-9(14)12-15)7-4-2-1-3-5-7/h1-6,15H,(H2,11,12,14)/b10-6+. The second-order valence-corrected chi connectivity index (χ2v) is 2.54. The van der Waals surface area contributed by atoms with Crippen molar-refractivity contribution in [3.63, 3.8) is 0 Å². The van der Waals surface area contributed by atoms with E-state index in [4.69, 9.17) is 5.21 Å². The van der Waals surface area contributed by atoms with E-state index in [-0.39, 0.29) is 5.78 Å². The summed E-state index contributed by atoms with van der Waals surface area (Å²) in [4.78, 5) is 21.8. The summed E-state index contributed by atoms with van der Waals surface area (Å²) in [5, 5.41) is 11.4. The van der Waals surface area contributed by atoms with Gasteiger partial charge in [-0.1, -0.05) is 30.3 Å². The number of hydrogen-bond donors (Lipinski definition) is 3. The zero-order valence-electron chi connectivity index (χ0n) is 7.68. The minimum atomic E-state index is -0.910. The number of carbonyl (C=O) groups excluding carboxylic acids is 2. The van der Waals surface area contributed by atoms with E-state index in [2.05, 4.69) is 5.10 Å². The molecule has 0 spiro atoms. The number of urea groups is 1. The molecule has 0 aromatic heterocycles. The molecule has 0 saturated heterocycles. The Morgan fingerprint density at radius 2 is 1.93 bits per heavy atom. The molecule has 6 heteroatoms. The van der Waals surface area contributed by atoms with E-state index in [1.807, 2.05) is 5.43 Å². The van der Waals surface area contributed by atoms with Crippen LogP contribution >= 0.6 is 0 Å². The SMILES string of the molecule is O=C(NO)N/N=C/C(=O)c1ccccc1. The van der Waals surface area contributed by atoms with E-state index in [1.54, 1.807) is 30.3 Å². The molecule has 0 heterocycles. The van der Waals surface area contributed by atoms with Crippen LogP contribution in [0.5, 0.6) is 0 Å². The molecule has 0 atom stereocenters. The predicted octanol–water partition coefficient (Wildman–Crippen LogP) is 0.543. The molecule has 1 aromatic rings. The first-order valence-electron chi connectivity index (χ1n) is 4.06. The molecular weight excluding hydrogens is 198 g/mol. The van der Waals surface area contributed by atoms with Gasteiger partial charge in [0.25, 0.3) is 0 Å². The summed E-state index contributed by atoms with van der Waals surface area (Å²) in [5.74, 6) is -0.339. The first kappa shape index (κ1) is 10.9. The molecule has 3 N–H and O–H groups in total. The van der Waals surface area contributed by atoms with Crippen molar-refractivity contribution in [2.24, 2.45) is 5.10 Å². The molecule has 2 amide bonds. The lowest BCUT2D eigenvalue weighted by atomic mass is 10.1. The van der Waals surface area contributed by atoms with Gasteiger partial charge in [0, 0.05) is 5.56 Å². The largest absolute Gasteiger partial charge is 0.358 e. The first-order chi connectivity index (χ1) is 7.24. The smallest absolute Gasteiger partial charge is 0.287 e. The van der Waals surface area contributed by atoms with Crippen LogP contribution in [0.4, 0.5) is 4.79 Å². The second kappa shape index (κ2) is 5.51. The Bertz CT molecular complexity index is 375. The number of hydrazone groups is 1. The Labute approximate surface area is 85.6 Å². The number of amides is 2. The Hall–Kier alpha value is -2.21. The average molecular weight is 207 g/mol. The van der Waals surface area contributed by atoms with Crippen molar-refractivity contribution in [3.05, 3.63) is 35.9 Å². The van der Waals surface area contributed by atoms with Gasteiger partial charge in [0.15, 0.2) is 0 Å². The normalized spacial score (nSPS) is 9.93. The first-order valence-corrected chi connectivity index (χ1v) is 4.06. The highest BCUT2D eigenvalue weighted by Crippen LogP contribution is 1.97. The maximum absolute atomic E-state index is 11.3. The van der Waals surface area contributed by atoms with Crippen molar-refractivity contribution in [1.82, 2.24) is 10.9 Å². The van der Waals surface area contributed by atoms with Crippen LogP contribution in [-0.4, -0.2) is 23.2 Å². The summed E-state index contributed by atoms with van der Waals surface area (Å²) in [5.41, 5.74) is 3.65. The van der Waals surface area contributed by atoms with Gasteiger partial charge in [-0.3, -0.25) is 10.0 Å². The maximum Gasteiger partial charge on any atom is 0.358 e. The molecule has 15 heavy (non-hydrogen) atoms. The molecule has 0 saturated carbocycles. The van der Waals surface area contributed by atoms with Crippen molar-refractivity contribution in [2.75, 3.05) is 0 Å². The third-order valence-electron chi connectivity index (χ3n) is 1.51. The van der Waals surface area contributed by atoms with Crippen molar-refractivity contribution >= 4 is 18.0 Å². The van der Waals surface area contributed by atoms with Gasteiger partial charge in [-0.2, -0.15) is 5.10 Å². The third kappa shape index (κ3) is 3.57. The Morgan fingerprint density at radius 3 is 2.53 bits per heavy atom. The van der Waals surface area contributed by atoms with E-state index in [1.165, 1.54) is 5.48 Å². The Morgan fingerprint density at radius 1 is 1.27 bits per heavy atom. The van der Waals surface area contributed by atoms with Crippen molar-refractivity contribution in [1.29, 1.82) is 0 Å². The third-order valence-corrected chi connectivity index (χ3v) is 1.51. The number of nitrogens with one attached hydrogen (secondary N) is 2. The van der Waals surface area contributed by atoms with Crippen molar-refractivity contribution in [3.8, 4) is 0 Å². The summed E-state index contributed by atoms with van der Waals surface area (Å²) < 4.78 is 0. The molecule has 0 fully saturated rings. The minimum Gasteiger partial charge on any atom is -0.287 e. The summed E-state index contributed by atoms with van der Waals surface area (Å²) in [7, 11) is 0. The average Bonchev–Trinajstić information content (AvgIpc) is 2.29. The summed E-state index contributed by atoms with van der Waals surface area (Å²) in [6, 6.07) is 7.56. The number of ketones is 1. The molecule has 0 radical (unpaired) electrons. The van der Waals surface area contributed by atoms with Crippen molar-refractivity contribution in [2.45, 2.75) is 0 Å². The van der Waals surface area contributed by atoms with Crippen LogP contribution in [-0.2, 0) is 0 Å². The Balaban J connectivity index is 2.53. The molecule has 0 aliphatic rings. The minimum absolute atomic E-state index is 0.339. The number of hydrogen-bond acceptors (Lipinski definition) is 4. The lowest BCUT2D eigenvalue weighted by Crippen LogP contribution is -2.29. The molecule has 1 aromatic carbocycles. The van der Waals surface area contributed by atoms with Gasteiger partial charge in [0.2, 0.25) is 5.78 Å². The van der Waals surface area contributed by atoms with Crippen LogP contribution in [0.15, 0.2) is 35.4 Å². The topological polar surface area (TPSA) is 90.8 Å². The zero-order chi connectivity index (χ0) is 11.1. The van der Waals surface area contributed by atoms with Crippen LogP contribution < -0.4 is 10.9 Å². The number of hydroxylamine groups is 1. The monoisotopic (exact) mass is 207 g/mol. The second-order valence-electron chi connectivity index (χ2n) is 2.54. The van der Waals surface area contributed by atoms with E-state index in [0.29, 0.717) is 5.56 Å². The highest BCUT2D eigenvalue weighted by atomic mass is 16.5. The number of carbonyl (C=O) groups is 2. The van der Waals surface area contributed by atoms with E-state index < -0.39 is 6.03 Å². The molecule has 0 aliphatic heterocycles. The van der Waals surface area contributed by atoms with E-state index in [0.717, 1.165) is 6.21 Å². The molecular formula is C9H9N3O3. The van der Waals surface area contributed by atoms with Gasteiger partial charge < -0.3 is 0 Å². The Kier molecular flexibility index (Phi) is 3.99. The summed E-state index contributed by atoms with van der Waals surface area (Å²) in [6.45, 7) is 0. The highest BCUT2D eigenvalue weighted by molar-refractivity contribution is 6.35. The van der Waals surface area contributed by atoms with Crippen LogP contribution in [0.1, 0.15) is 10.4 Å². The molecule has 0 aliphatic carbocycles. The fourth-order valence-corrected chi connectivity index (χ4v) is 0.851. The van der Waals surface area contributed by atoms with Gasteiger partial charge in [-0.05, 0) is 0 Å².